The van der Waals surface area contributed by atoms with Crippen molar-refractivity contribution in [3.8, 4) is 0 Å². The fourth-order valence-corrected chi connectivity index (χ4v) is 3.25. The molecule has 0 radical (unpaired) electrons. The largest absolute Gasteiger partial charge is 0.351 e. The van der Waals surface area contributed by atoms with E-state index in [4.69, 9.17) is 11.6 Å². The molecule has 28 heavy (non-hydrogen) atoms. The maximum Gasteiger partial charge on any atom is 0.275 e. The summed E-state index contributed by atoms with van der Waals surface area (Å²) in [6.45, 7) is 0. The number of carbonyl (C=O) groups excluding carboxylic acids is 1. The predicted octanol–water partition coefficient (Wildman–Crippen LogP) is 5.70. The summed E-state index contributed by atoms with van der Waals surface area (Å²) in [7, 11) is 0. The minimum absolute atomic E-state index is 0.268. The Balaban J connectivity index is 1.72. The number of carbonyl (C=O) groups is 1. The molecule has 3 nitrogen and oxygen atoms in total. The van der Waals surface area contributed by atoms with Crippen molar-refractivity contribution in [2.24, 2.45) is 0 Å². The second-order valence-corrected chi connectivity index (χ2v) is 6.80. The molecule has 0 bridgehead atoms. The van der Waals surface area contributed by atoms with Crippen molar-refractivity contribution in [2.45, 2.75) is 6.04 Å². The zero-order chi connectivity index (χ0) is 19.7. The normalized spacial score (nSPS) is 16.2. The maximum atomic E-state index is 13.4. The number of anilines is 2. The Hall–Kier alpha value is -3.18. The fraction of sp³-hybridized carbons (Fsp3) is 0.0455. The van der Waals surface area contributed by atoms with E-state index in [1.165, 1.54) is 24.3 Å². The molecule has 0 saturated heterocycles. The highest BCUT2D eigenvalue weighted by atomic mass is 35.5. The van der Waals surface area contributed by atoms with Crippen LogP contribution in [-0.2, 0) is 4.79 Å². The van der Waals surface area contributed by atoms with Crippen LogP contribution in [0.1, 0.15) is 11.6 Å². The van der Waals surface area contributed by atoms with Gasteiger partial charge in [0.1, 0.15) is 17.3 Å². The quantitative estimate of drug-likeness (QED) is 0.613. The monoisotopic (exact) mass is 396 g/mol. The zero-order valence-electron chi connectivity index (χ0n) is 14.6. The summed E-state index contributed by atoms with van der Waals surface area (Å²) >= 11 is 5.99. The molecule has 1 N–H and O–H groups in total. The SMILES string of the molecule is O=C1C(Nc2ccc(F)cc2)=C[C@@H](c2ccc(Cl)cc2)N1c1ccc(F)cc1. The number of rotatable bonds is 4. The van der Waals surface area contributed by atoms with E-state index in [1.807, 2.05) is 12.1 Å². The number of hydrogen-bond donors (Lipinski definition) is 1. The molecule has 140 valence electrons. The number of hydrogen-bond acceptors (Lipinski definition) is 2. The van der Waals surface area contributed by atoms with Crippen molar-refractivity contribution in [2.75, 3.05) is 10.2 Å². The van der Waals surface area contributed by atoms with Gasteiger partial charge in [-0.05, 0) is 72.3 Å². The van der Waals surface area contributed by atoms with Crippen LogP contribution in [0.5, 0.6) is 0 Å². The van der Waals surface area contributed by atoms with E-state index in [0.717, 1.165) is 5.56 Å². The first-order valence-corrected chi connectivity index (χ1v) is 8.98. The average molecular weight is 397 g/mol. The summed E-state index contributed by atoms with van der Waals surface area (Å²) in [4.78, 5) is 14.7. The third-order valence-electron chi connectivity index (χ3n) is 4.49. The summed E-state index contributed by atoms with van der Waals surface area (Å²) in [5.74, 6) is -1.00. The van der Waals surface area contributed by atoms with E-state index in [-0.39, 0.29) is 17.5 Å². The van der Waals surface area contributed by atoms with Crippen LogP contribution in [0.15, 0.2) is 84.6 Å². The molecule has 1 aliphatic rings. The molecule has 0 aliphatic carbocycles. The van der Waals surface area contributed by atoms with Crippen LogP contribution >= 0.6 is 11.6 Å². The molecule has 0 spiro atoms. The van der Waals surface area contributed by atoms with Gasteiger partial charge in [0.05, 0.1) is 6.04 Å². The van der Waals surface area contributed by atoms with Crippen LogP contribution in [0.4, 0.5) is 20.2 Å². The van der Waals surface area contributed by atoms with Crippen molar-refractivity contribution in [1.29, 1.82) is 0 Å². The summed E-state index contributed by atoms with van der Waals surface area (Å²) in [5.41, 5.74) is 2.38. The first-order valence-electron chi connectivity index (χ1n) is 8.60. The summed E-state index contributed by atoms with van der Waals surface area (Å²) in [5, 5.41) is 3.64. The van der Waals surface area contributed by atoms with Gasteiger partial charge in [0.15, 0.2) is 0 Å². The minimum atomic E-state index is -0.391. The molecular weight excluding hydrogens is 382 g/mol. The Morgan fingerprint density at radius 2 is 1.39 bits per heavy atom. The van der Waals surface area contributed by atoms with Crippen molar-refractivity contribution in [3.63, 3.8) is 0 Å². The Bertz CT molecular complexity index is 1030. The molecule has 1 aliphatic heterocycles. The highest BCUT2D eigenvalue weighted by Crippen LogP contribution is 2.36. The van der Waals surface area contributed by atoms with Crippen LogP contribution in [0, 0.1) is 11.6 Å². The summed E-state index contributed by atoms with van der Waals surface area (Å²) < 4.78 is 26.5. The van der Waals surface area contributed by atoms with Gasteiger partial charge in [-0.15, -0.1) is 0 Å². The first kappa shape index (κ1) is 18.2. The predicted molar refractivity (Wildman–Crippen MR) is 106 cm³/mol. The van der Waals surface area contributed by atoms with E-state index in [0.29, 0.717) is 22.1 Å². The second-order valence-electron chi connectivity index (χ2n) is 6.36. The molecule has 4 rings (SSSR count). The van der Waals surface area contributed by atoms with Crippen LogP contribution < -0.4 is 10.2 Å². The Morgan fingerprint density at radius 1 is 0.821 bits per heavy atom. The van der Waals surface area contributed by atoms with Gasteiger partial charge in [0.25, 0.3) is 5.91 Å². The van der Waals surface area contributed by atoms with Gasteiger partial charge in [0.2, 0.25) is 0 Å². The van der Waals surface area contributed by atoms with Gasteiger partial charge < -0.3 is 5.32 Å². The number of halogens is 3. The van der Waals surface area contributed by atoms with E-state index in [9.17, 15) is 13.6 Å². The molecule has 3 aromatic rings. The first-order chi connectivity index (χ1) is 13.5. The van der Waals surface area contributed by atoms with Gasteiger partial charge in [-0.3, -0.25) is 9.69 Å². The molecular formula is C22H15ClF2N2O. The third-order valence-corrected chi connectivity index (χ3v) is 4.74. The van der Waals surface area contributed by atoms with Crippen LogP contribution in [-0.4, -0.2) is 5.91 Å². The van der Waals surface area contributed by atoms with E-state index < -0.39 is 6.04 Å². The van der Waals surface area contributed by atoms with E-state index in [2.05, 4.69) is 5.32 Å². The molecule has 6 heteroatoms. The van der Waals surface area contributed by atoms with Crippen molar-refractivity contribution >= 4 is 28.9 Å². The van der Waals surface area contributed by atoms with Gasteiger partial charge in [-0.1, -0.05) is 23.7 Å². The number of benzene rings is 3. The van der Waals surface area contributed by atoms with Crippen molar-refractivity contribution in [1.82, 2.24) is 0 Å². The Morgan fingerprint density at radius 3 is 2.00 bits per heavy atom. The number of nitrogens with zero attached hydrogens (tertiary/aromatic N) is 1. The standard InChI is InChI=1S/C22H15ClF2N2O/c23-15-3-1-14(2-4-15)21-13-20(26-18-9-5-16(24)6-10-18)22(28)27(21)19-11-7-17(25)8-12-19/h1-13,21,26H/t21-/m0/s1. The van der Waals surface area contributed by atoms with Gasteiger partial charge in [0, 0.05) is 16.4 Å². The Labute approximate surface area is 165 Å². The molecule has 3 aromatic carbocycles. The highest BCUT2D eigenvalue weighted by Gasteiger charge is 2.34. The molecule has 1 heterocycles. The molecule has 0 aromatic heterocycles. The molecule has 1 atom stereocenters. The minimum Gasteiger partial charge on any atom is -0.351 e. The number of amides is 1. The topological polar surface area (TPSA) is 32.3 Å². The molecule has 0 fully saturated rings. The van der Waals surface area contributed by atoms with Crippen molar-refractivity contribution < 1.29 is 13.6 Å². The average Bonchev–Trinajstić information content (AvgIpc) is 3.01. The van der Waals surface area contributed by atoms with Gasteiger partial charge in [-0.25, -0.2) is 8.78 Å². The van der Waals surface area contributed by atoms with Crippen molar-refractivity contribution in [3.05, 3.63) is 107 Å². The molecule has 0 saturated carbocycles. The molecule has 0 unspecified atom stereocenters. The zero-order valence-corrected chi connectivity index (χ0v) is 15.3. The number of nitrogens with one attached hydrogen (secondary N) is 1. The lowest BCUT2D eigenvalue weighted by Gasteiger charge is -2.25. The van der Waals surface area contributed by atoms with E-state index in [1.54, 1.807) is 47.4 Å². The highest BCUT2D eigenvalue weighted by molar-refractivity contribution is 6.30. The van der Waals surface area contributed by atoms with Crippen LogP contribution in [0.25, 0.3) is 0 Å². The third kappa shape index (κ3) is 3.62. The van der Waals surface area contributed by atoms with Gasteiger partial charge in [-0.2, -0.15) is 0 Å². The van der Waals surface area contributed by atoms with E-state index >= 15 is 0 Å². The van der Waals surface area contributed by atoms with Crippen LogP contribution in [0.2, 0.25) is 5.02 Å². The lowest BCUT2D eigenvalue weighted by atomic mass is 10.1. The Kier molecular flexibility index (Phi) is 4.84. The smallest absolute Gasteiger partial charge is 0.275 e. The fourth-order valence-electron chi connectivity index (χ4n) is 3.13. The lowest BCUT2D eigenvalue weighted by molar-refractivity contribution is -0.114. The second kappa shape index (κ2) is 7.44. The lowest BCUT2D eigenvalue weighted by Crippen LogP contribution is -2.30. The molecule has 1 amide bonds. The summed E-state index contributed by atoms with van der Waals surface area (Å²) in [6.07, 6.45) is 1.79. The van der Waals surface area contributed by atoms with Gasteiger partial charge >= 0.3 is 0 Å². The maximum absolute atomic E-state index is 13.4. The summed E-state index contributed by atoms with van der Waals surface area (Å²) in [6, 6.07) is 18.3. The van der Waals surface area contributed by atoms with Crippen LogP contribution in [0.3, 0.4) is 0 Å².